The number of carbonyl (C=O) groups is 4. The molecule has 0 unspecified atom stereocenters. The highest BCUT2D eigenvalue weighted by atomic mass is 16.4. The molecule has 0 aromatic heterocycles. The molecular formula is C19H36N2O8. The molecule has 1 heterocycles. The van der Waals surface area contributed by atoms with Gasteiger partial charge in [-0.05, 0) is 51.9 Å². The zero-order valence-corrected chi connectivity index (χ0v) is 17.1. The van der Waals surface area contributed by atoms with Crippen LogP contribution in [0, 0.1) is 0 Å². The Labute approximate surface area is 171 Å². The maximum absolute atomic E-state index is 9.10. The third-order valence-electron chi connectivity index (χ3n) is 4.24. The smallest absolute Gasteiger partial charge is 0.414 e. The number of likely N-dealkylation sites (tertiary alicyclic amines) is 1. The first-order chi connectivity index (χ1) is 13.7. The van der Waals surface area contributed by atoms with Crippen LogP contribution in [0.25, 0.3) is 0 Å². The second-order valence-corrected chi connectivity index (χ2v) is 6.74. The first-order valence-corrected chi connectivity index (χ1v) is 10.1. The van der Waals surface area contributed by atoms with E-state index in [1.165, 1.54) is 90.3 Å². The Kier molecular flexibility index (Phi) is 20.5. The summed E-state index contributed by atoms with van der Waals surface area (Å²) in [4.78, 5) is 39.1. The maximum Gasteiger partial charge on any atom is 0.414 e. The van der Waals surface area contributed by atoms with E-state index in [-0.39, 0.29) is 0 Å². The number of carboxylic acid groups (broad SMARTS) is 4. The highest BCUT2D eigenvalue weighted by Gasteiger charge is 2.08. The van der Waals surface area contributed by atoms with E-state index in [1.807, 2.05) is 0 Å². The lowest BCUT2D eigenvalue weighted by atomic mass is 10.1. The summed E-state index contributed by atoms with van der Waals surface area (Å²) >= 11 is 0. The Morgan fingerprint density at radius 2 is 0.931 bits per heavy atom. The molecule has 0 amide bonds. The molecular weight excluding hydrogens is 384 g/mol. The lowest BCUT2D eigenvalue weighted by molar-refractivity contribution is -0.159. The molecule has 0 aliphatic carbocycles. The molecule has 0 bridgehead atoms. The summed E-state index contributed by atoms with van der Waals surface area (Å²) < 4.78 is 0. The van der Waals surface area contributed by atoms with Gasteiger partial charge in [-0.1, -0.05) is 44.9 Å². The predicted octanol–water partition coefficient (Wildman–Crippen LogP) is 1.86. The summed E-state index contributed by atoms with van der Waals surface area (Å²) in [6, 6.07) is 0. The molecule has 0 radical (unpaired) electrons. The van der Waals surface area contributed by atoms with Crippen molar-refractivity contribution >= 4 is 23.9 Å². The number of rotatable bonds is 10. The van der Waals surface area contributed by atoms with Gasteiger partial charge in [-0.3, -0.25) is 0 Å². The van der Waals surface area contributed by atoms with E-state index < -0.39 is 23.9 Å². The van der Waals surface area contributed by atoms with Gasteiger partial charge in [-0.25, -0.2) is 19.2 Å². The summed E-state index contributed by atoms with van der Waals surface area (Å²) in [7, 11) is 0. The van der Waals surface area contributed by atoms with Gasteiger partial charge in [0.2, 0.25) is 0 Å². The average Bonchev–Trinajstić information content (AvgIpc) is 2.68. The summed E-state index contributed by atoms with van der Waals surface area (Å²) in [5.41, 5.74) is 5.48. The maximum atomic E-state index is 9.10. The first kappa shape index (κ1) is 29.0. The van der Waals surface area contributed by atoms with Crippen molar-refractivity contribution in [3.8, 4) is 0 Å². The van der Waals surface area contributed by atoms with Crippen LogP contribution in [0.2, 0.25) is 0 Å². The average molecular weight is 421 g/mol. The Morgan fingerprint density at radius 3 is 1.28 bits per heavy atom. The second-order valence-electron chi connectivity index (χ2n) is 6.74. The van der Waals surface area contributed by atoms with Gasteiger partial charge in [0.25, 0.3) is 0 Å². The van der Waals surface area contributed by atoms with Crippen molar-refractivity contribution in [2.45, 2.75) is 70.6 Å². The molecule has 10 nitrogen and oxygen atoms in total. The van der Waals surface area contributed by atoms with E-state index in [9.17, 15) is 0 Å². The Bertz CT molecular complexity index is 417. The zero-order valence-electron chi connectivity index (χ0n) is 17.1. The van der Waals surface area contributed by atoms with Crippen LogP contribution in [0.3, 0.4) is 0 Å². The summed E-state index contributed by atoms with van der Waals surface area (Å²) in [5, 5.41) is 29.6. The van der Waals surface area contributed by atoms with Gasteiger partial charge in [0.15, 0.2) is 0 Å². The third-order valence-corrected chi connectivity index (χ3v) is 4.24. The standard InChI is InChI=1S/C15H32N2.2C2H2O4/c16-12-8-5-3-1-2-4-6-9-13-17-14-10-7-11-15-17;2*3-1(4)2(5)6/h1-16H2;2*(H,3,4)(H,5,6). The number of hydrogen-bond acceptors (Lipinski definition) is 6. The van der Waals surface area contributed by atoms with Crippen LogP contribution >= 0.6 is 0 Å². The van der Waals surface area contributed by atoms with E-state index in [2.05, 4.69) is 4.90 Å². The van der Waals surface area contributed by atoms with Gasteiger partial charge in [-0.15, -0.1) is 0 Å². The number of nitrogens with two attached hydrogens (primary N) is 1. The molecule has 6 N–H and O–H groups in total. The van der Waals surface area contributed by atoms with E-state index >= 15 is 0 Å². The largest absolute Gasteiger partial charge is 0.473 e. The summed E-state index contributed by atoms with van der Waals surface area (Å²) in [5.74, 6) is -7.30. The molecule has 0 atom stereocenters. The lowest BCUT2D eigenvalue weighted by Gasteiger charge is -2.26. The SMILES string of the molecule is NCCCCCCCCCCN1CCCCC1.O=C(O)C(=O)O.O=C(O)C(=O)O. The summed E-state index contributed by atoms with van der Waals surface area (Å²) in [6.45, 7) is 4.95. The molecule has 0 aromatic carbocycles. The first-order valence-electron chi connectivity index (χ1n) is 10.1. The zero-order chi connectivity index (χ0) is 22.5. The molecule has 1 fully saturated rings. The van der Waals surface area contributed by atoms with Crippen molar-refractivity contribution in [2.24, 2.45) is 5.73 Å². The monoisotopic (exact) mass is 420 g/mol. The van der Waals surface area contributed by atoms with Crippen molar-refractivity contribution in [3.63, 3.8) is 0 Å². The van der Waals surface area contributed by atoms with E-state index in [4.69, 9.17) is 45.3 Å². The molecule has 29 heavy (non-hydrogen) atoms. The van der Waals surface area contributed by atoms with E-state index in [0.717, 1.165) is 6.54 Å². The summed E-state index contributed by atoms with van der Waals surface area (Å²) in [6.07, 6.45) is 15.4. The van der Waals surface area contributed by atoms with E-state index in [0.29, 0.717) is 0 Å². The molecule has 170 valence electrons. The van der Waals surface area contributed by atoms with Crippen LogP contribution < -0.4 is 5.73 Å². The molecule has 0 aromatic rings. The highest BCUT2D eigenvalue weighted by Crippen LogP contribution is 2.12. The number of hydrogen-bond donors (Lipinski definition) is 5. The van der Waals surface area contributed by atoms with Gasteiger partial charge in [-0.2, -0.15) is 0 Å². The van der Waals surface area contributed by atoms with Crippen LogP contribution in [0.1, 0.15) is 70.6 Å². The van der Waals surface area contributed by atoms with Gasteiger partial charge < -0.3 is 31.1 Å². The van der Waals surface area contributed by atoms with Crippen LogP contribution in [0.4, 0.5) is 0 Å². The topological polar surface area (TPSA) is 178 Å². The van der Waals surface area contributed by atoms with Gasteiger partial charge in [0, 0.05) is 0 Å². The molecule has 0 spiro atoms. The van der Waals surface area contributed by atoms with Crippen LogP contribution in [-0.2, 0) is 19.2 Å². The van der Waals surface area contributed by atoms with Crippen molar-refractivity contribution in [1.29, 1.82) is 0 Å². The van der Waals surface area contributed by atoms with Crippen LogP contribution in [0.15, 0.2) is 0 Å². The third kappa shape index (κ3) is 23.8. The van der Waals surface area contributed by atoms with E-state index in [1.54, 1.807) is 0 Å². The van der Waals surface area contributed by atoms with Gasteiger partial charge in [0.1, 0.15) is 0 Å². The fourth-order valence-corrected chi connectivity index (χ4v) is 2.72. The lowest BCUT2D eigenvalue weighted by Crippen LogP contribution is -2.30. The molecule has 0 saturated carbocycles. The van der Waals surface area contributed by atoms with Crippen molar-refractivity contribution in [2.75, 3.05) is 26.2 Å². The number of carboxylic acids is 4. The van der Waals surface area contributed by atoms with Crippen molar-refractivity contribution in [1.82, 2.24) is 4.90 Å². The Balaban J connectivity index is 0. The van der Waals surface area contributed by atoms with Crippen LogP contribution in [-0.4, -0.2) is 75.4 Å². The van der Waals surface area contributed by atoms with Crippen molar-refractivity contribution in [3.05, 3.63) is 0 Å². The fraction of sp³-hybridized carbons (Fsp3) is 0.789. The molecule has 10 heteroatoms. The quantitative estimate of drug-likeness (QED) is 0.259. The number of piperidine rings is 1. The molecule has 1 rings (SSSR count). The minimum absolute atomic E-state index is 0.871. The normalized spacial score (nSPS) is 13.3. The molecule has 1 saturated heterocycles. The second kappa shape index (κ2) is 20.5. The van der Waals surface area contributed by atoms with Crippen molar-refractivity contribution < 1.29 is 39.6 Å². The molecule has 1 aliphatic heterocycles. The number of aliphatic carboxylic acids is 4. The fourth-order valence-electron chi connectivity index (χ4n) is 2.72. The minimum atomic E-state index is -1.82. The minimum Gasteiger partial charge on any atom is -0.473 e. The highest BCUT2D eigenvalue weighted by molar-refractivity contribution is 6.27. The number of nitrogens with zero attached hydrogens (tertiary/aromatic N) is 1. The van der Waals surface area contributed by atoms with Gasteiger partial charge >= 0.3 is 23.9 Å². The molecule has 1 aliphatic rings. The number of unbranched alkanes of at least 4 members (excludes halogenated alkanes) is 7. The Morgan fingerprint density at radius 1 is 0.586 bits per heavy atom. The predicted molar refractivity (Wildman–Crippen MR) is 107 cm³/mol. The van der Waals surface area contributed by atoms with Gasteiger partial charge in [0.05, 0.1) is 0 Å². The van der Waals surface area contributed by atoms with Crippen LogP contribution in [0.5, 0.6) is 0 Å². The Hall–Kier alpha value is -2.20.